The van der Waals surface area contributed by atoms with Crippen molar-refractivity contribution in [2.45, 2.75) is 13.8 Å². The average molecular weight is 223 g/mol. The highest BCUT2D eigenvalue weighted by Gasteiger charge is 2.11. The smallest absolute Gasteiger partial charge is 0.268 e. The number of amides is 1. The molecule has 1 aromatic rings. The number of rotatable bonds is 4. The number of nitrogen functional groups attached to an aromatic ring is 1. The first-order valence-corrected chi connectivity index (χ1v) is 5.22. The Balaban J connectivity index is 3.03. The number of benzene rings is 1. The predicted molar refractivity (Wildman–Crippen MR) is 63.3 cm³/mol. The minimum atomic E-state index is -0.497. The number of hydrogen-bond donors (Lipinski definition) is 3. The molecule has 0 radical (unpaired) electrons. The summed E-state index contributed by atoms with van der Waals surface area (Å²) >= 11 is 0. The van der Waals surface area contributed by atoms with E-state index in [1.54, 1.807) is 18.2 Å². The highest BCUT2D eigenvalue weighted by molar-refractivity contribution is 5.96. The molecule has 0 aromatic heterocycles. The van der Waals surface area contributed by atoms with Gasteiger partial charge in [0.25, 0.3) is 5.91 Å². The first kappa shape index (κ1) is 12.3. The SMILES string of the molecule is CCN(CC)c1ccc(C(=O)NN)c(O)c1. The van der Waals surface area contributed by atoms with E-state index >= 15 is 0 Å². The van der Waals surface area contributed by atoms with Gasteiger partial charge >= 0.3 is 0 Å². The molecular weight excluding hydrogens is 206 g/mol. The molecule has 0 unspecified atom stereocenters. The molecule has 5 heteroatoms. The molecule has 0 bridgehead atoms. The Labute approximate surface area is 94.8 Å². The van der Waals surface area contributed by atoms with Crippen LogP contribution in [0.25, 0.3) is 0 Å². The van der Waals surface area contributed by atoms with E-state index in [2.05, 4.69) is 4.90 Å². The lowest BCUT2D eigenvalue weighted by Gasteiger charge is -2.21. The Kier molecular flexibility index (Phi) is 4.13. The van der Waals surface area contributed by atoms with Gasteiger partial charge in [0.2, 0.25) is 0 Å². The predicted octanol–water partition coefficient (Wildman–Crippen LogP) is 0.842. The van der Waals surface area contributed by atoms with E-state index in [9.17, 15) is 9.90 Å². The van der Waals surface area contributed by atoms with Gasteiger partial charge in [-0.3, -0.25) is 10.2 Å². The van der Waals surface area contributed by atoms with E-state index in [0.717, 1.165) is 18.8 Å². The Morgan fingerprint density at radius 1 is 1.44 bits per heavy atom. The van der Waals surface area contributed by atoms with Crippen molar-refractivity contribution >= 4 is 11.6 Å². The van der Waals surface area contributed by atoms with Crippen LogP contribution in [0.2, 0.25) is 0 Å². The van der Waals surface area contributed by atoms with E-state index in [4.69, 9.17) is 5.84 Å². The fourth-order valence-corrected chi connectivity index (χ4v) is 1.58. The monoisotopic (exact) mass is 223 g/mol. The zero-order valence-corrected chi connectivity index (χ0v) is 9.53. The number of hydrazine groups is 1. The highest BCUT2D eigenvalue weighted by Crippen LogP contribution is 2.24. The van der Waals surface area contributed by atoms with Crippen LogP contribution in [0.1, 0.15) is 24.2 Å². The van der Waals surface area contributed by atoms with Crippen molar-refractivity contribution in [1.29, 1.82) is 0 Å². The third kappa shape index (κ3) is 2.43. The number of carbonyl (C=O) groups excluding carboxylic acids is 1. The van der Waals surface area contributed by atoms with Crippen LogP contribution in [-0.2, 0) is 0 Å². The van der Waals surface area contributed by atoms with Crippen molar-refractivity contribution < 1.29 is 9.90 Å². The van der Waals surface area contributed by atoms with Gasteiger partial charge < -0.3 is 10.0 Å². The zero-order valence-electron chi connectivity index (χ0n) is 9.53. The minimum Gasteiger partial charge on any atom is -0.507 e. The van der Waals surface area contributed by atoms with Gasteiger partial charge in [0.05, 0.1) is 5.56 Å². The van der Waals surface area contributed by atoms with Crippen molar-refractivity contribution in [1.82, 2.24) is 5.43 Å². The fourth-order valence-electron chi connectivity index (χ4n) is 1.58. The molecule has 0 aliphatic heterocycles. The standard InChI is InChI=1S/C11H17N3O2/c1-3-14(4-2)8-5-6-9(10(15)7-8)11(16)13-12/h5-7,15H,3-4,12H2,1-2H3,(H,13,16). The quantitative estimate of drug-likeness (QED) is 0.401. The lowest BCUT2D eigenvalue weighted by Crippen LogP contribution is -2.30. The van der Waals surface area contributed by atoms with Gasteiger partial charge in [-0.1, -0.05) is 0 Å². The fraction of sp³-hybridized carbons (Fsp3) is 0.364. The van der Waals surface area contributed by atoms with Gasteiger partial charge in [-0.25, -0.2) is 5.84 Å². The van der Waals surface area contributed by atoms with Gasteiger partial charge in [0, 0.05) is 24.8 Å². The first-order valence-electron chi connectivity index (χ1n) is 5.22. The molecule has 0 saturated carbocycles. The molecule has 0 aliphatic rings. The van der Waals surface area contributed by atoms with Crippen molar-refractivity contribution in [2.75, 3.05) is 18.0 Å². The van der Waals surface area contributed by atoms with Gasteiger partial charge in [-0.05, 0) is 26.0 Å². The summed E-state index contributed by atoms with van der Waals surface area (Å²) in [4.78, 5) is 13.3. The molecule has 1 amide bonds. The molecule has 5 nitrogen and oxygen atoms in total. The Bertz CT molecular complexity index is 375. The Hall–Kier alpha value is -1.75. The summed E-state index contributed by atoms with van der Waals surface area (Å²) in [7, 11) is 0. The third-order valence-electron chi connectivity index (χ3n) is 2.49. The van der Waals surface area contributed by atoms with Crippen molar-refractivity contribution in [3.05, 3.63) is 23.8 Å². The lowest BCUT2D eigenvalue weighted by atomic mass is 10.1. The van der Waals surface area contributed by atoms with Crippen LogP contribution in [0.15, 0.2) is 18.2 Å². The van der Waals surface area contributed by atoms with Crippen LogP contribution in [0.4, 0.5) is 5.69 Å². The van der Waals surface area contributed by atoms with Crippen LogP contribution in [0.3, 0.4) is 0 Å². The second kappa shape index (κ2) is 5.37. The van der Waals surface area contributed by atoms with E-state index in [0.29, 0.717) is 0 Å². The Morgan fingerprint density at radius 2 is 2.06 bits per heavy atom. The van der Waals surface area contributed by atoms with Gasteiger partial charge in [0.1, 0.15) is 5.75 Å². The summed E-state index contributed by atoms with van der Waals surface area (Å²) in [6, 6.07) is 4.92. The normalized spacial score (nSPS) is 9.94. The number of nitrogens with one attached hydrogen (secondary N) is 1. The van der Waals surface area contributed by atoms with E-state index in [-0.39, 0.29) is 11.3 Å². The topological polar surface area (TPSA) is 78.6 Å². The molecular formula is C11H17N3O2. The number of anilines is 1. The van der Waals surface area contributed by atoms with Crippen molar-refractivity contribution in [3.63, 3.8) is 0 Å². The molecule has 0 heterocycles. The summed E-state index contributed by atoms with van der Waals surface area (Å²) in [5.41, 5.74) is 3.05. The van der Waals surface area contributed by atoms with Gasteiger partial charge in [0.15, 0.2) is 0 Å². The van der Waals surface area contributed by atoms with Crippen LogP contribution >= 0.6 is 0 Å². The third-order valence-corrected chi connectivity index (χ3v) is 2.49. The van der Waals surface area contributed by atoms with E-state index < -0.39 is 5.91 Å². The maximum atomic E-state index is 11.2. The highest BCUT2D eigenvalue weighted by atomic mass is 16.3. The second-order valence-electron chi connectivity index (χ2n) is 3.35. The maximum Gasteiger partial charge on any atom is 0.268 e. The molecule has 16 heavy (non-hydrogen) atoms. The number of aromatic hydroxyl groups is 1. The molecule has 0 atom stereocenters. The molecule has 0 aliphatic carbocycles. The van der Waals surface area contributed by atoms with E-state index in [1.807, 2.05) is 19.3 Å². The second-order valence-corrected chi connectivity index (χ2v) is 3.35. The number of phenols is 1. The summed E-state index contributed by atoms with van der Waals surface area (Å²) in [6.07, 6.45) is 0. The molecule has 1 aromatic carbocycles. The molecule has 88 valence electrons. The van der Waals surface area contributed by atoms with Crippen LogP contribution in [-0.4, -0.2) is 24.1 Å². The van der Waals surface area contributed by atoms with Gasteiger partial charge in [-0.2, -0.15) is 0 Å². The molecule has 0 spiro atoms. The first-order chi connectivity index (χ1) is 7.63. The van der Waals surface area contributed by atoms with E-state index in [1.165, 1.54) is 0 Å². The minimum absolute atomic E-state index is 0.0626. The molecule has 0 fully saturated rings. The zero-order chi connectivity index (χ0) is 12.1. The van der Waals surface area contributed by atoms with Gasteiger partial charge in [-0.15, -0.1) is 0 Å². The number of phenolic OH excluding ortho intramolecular Hbond substituents is 1. The lowest BCUT2D eigenvalue weighted by molar-refractivity contribution is 0.0951. The molecule has 4 N–H and O–H groups in total. The summed E-state index contributed by atoms with van der Waals surface area (Å²) < 4.78 is 0. The largest absolute Gasteiger partial charge is 0.507 e. The summed E-state index contributed by atoms with van der Waals surface area (Å²) in [5, 5.41) is 9.69. The van der Waals surface area contributed by atoms with Crippen molar-refractivity contribution in [3.8, 4) is 5.75 Å². The maximum absolute atomic E-state index is 11.2. The number of nitrogens with two attached hydrogens (primary N) is 1. The average Bonchev–Trinajstić information content (AvgIpc) is 2.30. The van der Waals surface area contributed by atoms with Crippen LogP contribution in [0, 0.1) is 0 Å². The summed E-state index contributed by atoms with van der Waals surface area (Å²) in [6.45, 7) is 5.75. The van der Waals surface area contributed by atoms with Crippen LogP contribution < -0.4 is 16.2 Å². The van der Waals surface area contributed by atoms with Crippen LogP contribution in [0.5, 0.6) is 5.75 Å². The van der Waals surface area contributed by atoms with Crippen molar-refractivity contribution in [2.24, 2.45) is 5.84 Å². The Morgan fingerprint density at radius 3 is 2.50 bits per heavy atom. The summed E-state index contributed by atoms with van der Waals surface area (Å²) in [5.74, 6) is 4.44. The number of nitrogens with zero attached hydrogens (tertiary/aromatic N) is 1. The number of hydrogen-bond acceptors (Lipinski definition) is 4. The number of carbonyl (C=O) groups is 1. The molecule has 1 rings (SSSR count). The molecule has 0 saturated heterocycles.